The van der Waals surface area contributed by atoms with Gasteiger partial charge in [0, 0.05) is 0 Å². The molecule has 0 bridgehead atoms. The lowest BCUT2D eigenvalue weighted by Crippen LogP contribution is -2.51. The van der Waals surface area contributed by atoms with Gasteiger partial charge in [-0.1, -0.05) is 20.8 Å². The minimum atomic E-state index is -0.00530. The van der Waals surface area contributed by atoms with Crippen LogP contribution in [-0.2, 0) is 0 Å². The van der Waals surface area contributed by atoms with E-state index in [4.69, 9.17) is 0 Å². The summed E-state index contributed by atoms with van der Waals surface area (Å²) >= 11 is 0. The molecule has 0 unspecified atom stereocenters. The lowest BCUT2D eigenvalue weighted by molar-refractivity contribution is -0.117. The van der Waals surface area contributed by atoms with Crippen molar-refractivity contribution in [2.24, 2.45) is 16.7 Å². The average molecular weight is 154 g/mol. The number of fused-ring (bicyclic) bond motifs is 1. The second kappa shape index (κ2) is 1.82. The van der Waals surface area contributed by atoms with E-state index in [2.05, 4.69) is 20.8 Å². The maximum absolute atomic E-state index is 9.61. The largest absolute Gasteiger partial charge is 0.393 e. The molecule has 0 amide bonds. The Kier molecular flexibility index (Phi) is 1.26. The zero-order valence-corrected chi connectivity index (χ0v) is 7.72. The summed E-state index contributed by atoms with van der Waals surface area (Å²) in [6.07, 6.45) is 3.56. The molecule has 1 N–H and O–H groups in total. The maximum atomic E-state index is 9.61. The van der Waals surface area contributed by atoms with Crippen molar-refractivity contribution in [3.05, 3.63) is 0 Å². The van der Waals surface area contributed by atoms with Crippen molar-refractivity contribution >= 4 is 0 Å². The summed E-state index contributed by atoms with van der Waals surface area (Å²) in [5.74, 6) is 0.782. The molecule has 2 rings (SSSR count). The summed E-state index contributed by atoms with van der Waals surface area (Å²) in [6.45, 7) is 6.93. The highest BCUT2D eigenvalue weighted by atomic mass is 16.3. The third kappa shape index (κ3) is 0.752. The van der Waals surface area contributed by atoms with Crippen molar-refractivity contribution in [2.45, 2.75) is 46.1 Å². The molecule has 2 fully saturated rings. The second-order valence-corrected chi connectivity index (χ2v) is 5.30. The smallest absolute Gasteiger partial charge is 0.0599 e. The van der Waals surface area contributed by atoms with E-state index in [1.807, 2.05) is 0 Å². The van der Waals surface area contributed by atoms with Gasteiger partial charge in [-0.25, -0.2) is 0 Å². The molecule has 0 aromatic rings. The average Bonchev–Trinajstić information content (AvgIpc) is 2.10. The van der Waals surface area contributed by atoms with Crippen molar-refractivity contribution in [1.82, 2.24) is 0 Å². The number of aliphatic hydroxyl groups is 1. The third-order valence-corrected chi connectivity index (χ3v) is 4.27. The molecule has 0 aromatic heterocycles. The second-order valence-electron chi connectivity index (χ2n) is 5.30. The van der Waals surface area contributed by atoms with Crippen LogP contribution < -0.4 is 0 Å². The SMILES string of the molecule is CC1(C)CC[C@@]2(C)[C@H](O)C[C@@H]12. The van der Waals surface area contributed by atoms with Crippen LogP contribution in [0.25, 0.3) is 0 Å². The molecule has 0 radical (unpaired) electrons. The van der Waals surface area contributed by atoms with Crippen LogP contribution in [0.2, 0.25) is 0 Å². The van der Waals surface area contributed by atoms with Gasteiger partial charge < -0.3 is 5.11 Å². The summed E-state index contributed by atoms with van der Waals surface area (Å²) in [5, 5.41) is 9.61. The summed E-state index contributed by atoms with van der Waals surface area (Å²) in [5.41, 5.74) is 0.775. The predicted octanol–water partition coefficient (Wildman–Crippen LogP) is 2.19. The zero-order valence-electron chi connectivity index (χ0n) is 7.72. The van der Waals surface area contributed by atoms with E-state index in [1.54, 1.807) is 0 Å². The Morgan fingerprint density at radius 1 is 1.18 bits per heavy atom. The Hall–Kier alpha value is -0.0400. The van der Waals surface area contributed by atoms with Gasteiger partial charge in [-0.3, -0.25) is 0 Å². The van der Waals surface area contributed by atoms with Gasteiger partial charge in [0.2, 0.25) is 0 Å². The molecule has 3 atom stereocenters. The normalized spacial score (nSPS) is 53.5. The lowest BCUT2D eigenvalue weighted by atomic mass is 9.56. The first-order chi connectivity index (χ1) is 4.97. The van der Waals surface area contributed by atoms with Crippen molar-refractivity contribution in [1.29, 1.82) is 0 Å². The molecule has 64 valence electrons. The van der Waals surface area contributed by atoms with Gasteiger partial charge in [0.15, 0.2) is 0 Å². The van der Waals surface area contributed by atoms with Crippen LogP contribution in [0.1, 0.15) is 40.0 Å². The molecule has 0 saturated heterocycles. The molecular weight excluding hydrogens is 136 g/mol. The van der Waals surface area contributed by atoms with Crippen molar-refractivity contribution in [2.75, 3.05) is 0 Å². The Bertz CT molecular complexity index is 185. The van der Waals surface area contributed by atoms with Crippen LogP contribution in [-0.4, -0.2) is 11.2 Å². The summed E-state index contributed by atoms with van der Waals surface area (Å²) in [7, 11) is 0. The van der Waals surface area contributed by atoms with Crippen molar-refractivity contribution in [3.63, 3.8) is 0 Å². The molecule has 1 heteroatoms. The van der Waals surface area contributed by atoms with Crippen LogP contribution in [0.5, 0.6) is 0 Å². The molecule has 0 heterocycles. The van der Waals surface area contributed by atoms with Crippen LogP contribution in [0.3, 0.4) is 0 Å². The van der Waals surface area contributed by atoms with Gasteiger partial charge in [-0.05, 0) is 36.0 Å². The Labute approximate surface area is 68.8 Å². The molecule has 2 aliphatic carbocycles. The summed E-state index contributed by atoms with van der Waals surface area (Å²) in [4.78, 5) is 0. The fourth-order valence-corrected chi connectivity index (χ4v) is 3.15. The van der Waals surface area contributed by atoms with Crippen molar-refractivity contribution < 1.29 is 5.11 Å². The van der Waals surface area contributed by atoms with Crippen LogP contribution >= 0.6 is 0 Å². The summed E-state index contributed by atoms with van der Waals surface area (Å²) in [6, 6.07) is 0. The topological polar surface area (TPSA) is 20.2 Å². The van der Waals surface area contributed by atoms with E-state index in [0.717, 1.165) is 12.3 Å². The van der Waals surface area contributed by atoms with E-state index >= 15 is 0 Å². The fraction of sp³-hybridized carbons (Fsp3) is 1.00. The maximum Gasteiger partial charge on any atom is 0.0599 e. The van der Waals surface area contributed by atoms with Gasteiger partial charge in [0.1, 0.15) is 0 Å². The van der Waals surface area contributed by atoms with E-state index < -0.39 is 0 Å². The standard InChI is InChI=1S/C10H18O/c1-9(2)4-5-10(3)7(9)6-8(10)11/h7-8,11H,4-6H2,1-3H3/t7-,8+,10+/m0/s1. The van der Waals surface area contributed by atoms with E-state index in [9.17, 15) is 5.11 Å². The quantitative estimate of drug-likeness (QED) is 0.567. The molecule has 0 spiro atoms. The highest BCUT2D eigenvalue weighted by Crippen LogP contribution is 2.64. The zero-order chi connectivity index (χ0) is 8.28. The third-order valence-electron chi connectivity index (χ3n) is 4.27. The molecule has 1 nitrogen and oxygen atoms in total. The minimum Gasteiger partial charge on any atom is -0.393 e. The highest BCUT2D eigenvalue weighted by Gasteiger charge is 2.60. The molecule has 0 aromatic carbocycles. The highest BCUT2D eigenvalue weighted by molar-refractivity contribution is 5.10. The minimum absolute atomic E-state index is 0.00530. The van der Waals surface area contributed by atoms with Gasteiger partial charge in [-0.15, -0.1) is 0 Å². The molecule has 2 saturated carbocycles. The van der Waals surface area contributed by atoms with E-state index in [-0.39, 0.29) is 11.5 Å². The summed E-state index contributed by atoms with van der Waals surface area (Å²) < 4.78 is 0. The van der Waals surface area contributed by atoms with Gasteiger partial charge in [0.05, 0.1) is 6.10 Å². The Morgan fingerprint density at radius 2 is 1.82 bits per heavy atom. The van der Waals surface area contributed by atoms with Crippen LogP contribution in [0, 0.1) is 16.7 Å². The van der Waals surface area contributed by atoms with Gasteiger partial charge >= 0.3 is 0 Å². The molecule has 0 aliphatic heterocycles. The lowest BCUT2D eigenvalue weighted by Gasteiger charge is -2.51. The molecule has 2 aliphatic rings. The first kappa shape index (κ1) is 7.60. The van der Waals surface area contributed by atoms with Crippen LogP contribution in [0.15, 0.2) is 0 Å². The van der Waals surface area contributed by atoms with Crippen LogP contribution in [0.4, 0.5) is 0 Å². The fourth-order valence-electron chi connectivity index (χ4n) is 3.15. The Morgan fingerprint density at radius 3 is 2.18 bits per heavy atom. The predicted molar refractivity (Wildman–Crippen MR) is 45.2 cm³/mol. The van der Waals surface area contributed by atoms with Gasteiger partial charge in [0.25, 0.3) is 0 Å². The Balaban J connectivity index is 2.23. The van der Waals surface area contributed by atoms with Crippen molar-refractivity contribution in [3.8, 4) is 0 Å². The van der Waals surface area contributed by atoms with E-state index in [1.165, 1.54) is 12.8 Å². The van der Waals surface area contributed by atoms with Gasteiger partial charge in [-0.2, -0.15) is 0 Å². The number of hydrogen-bond donors (Lipinski definition) is 1. The first-order valence-electron chi connectivity index (χ1n) is 4.65. The number of aliphatic hydroxyl groups excluding tert-OH is 1. The van der Waals surface area contributed by atoms with E-state index in [0.29, 0.717) is 5.41 Å². The number of rotatable bonds is 0. The molecular formula is C10H18O. The monoisotopic (exact) mass is 154 g/mol. The first-order valence-corrected chi connectivity index (χ1v) is 4.65. The number of hydrogen-bond acceptors (Lipinski definition) is 1. The molecule has 11 heavy (non-hydrogen) atoms.